The lowest BCUT2D eigenvalue weighted by Crippen LogP contribution is -2.24. The van der Waals surface area contributed by atoms with Gasteiger partial charge in [-0.2, -0.15) is 5.10 Å². The maximum Gasteiger partial charge on any atom is 0.267 e. The molecule has 0 atom stereocenters. The minimum Gasteiger partial charge on any atom is -0.385 e. The molecule has 0 aliphatic carbocycles. The molecule has 1 aromatic heterocycles. The van der Waals surface area contributed by atoms with E-state index in [0.717, 1.165) is 43.3 Å². The Bertz CT molecular complexity index is 1100. The number of hydrogen-bond acceptors (Lipinski definition) is 5. The third-order valence-electron chi connectivity index (χ3n) is 4.59. The van der Waals surface area contributed by atoms with Crippen LogP contribution in [0, 0.1) is 11.6 Å². The van der Waals surface area contributed by atoms with E-state index in [9.17, 15) is 18.4 Å². The van der Waals surface area contributed by atoms with Gasteiger partial charge in [-0.25, -0.2) is 13.5 Å². The summed E-state index contributed by atoms with van der Waals surface area (Å²) >= 11 is 0. The second-order valence-corrected chi connectivity index (χ2v) is 7.79. The zero-order chi connectivity index (χ0) is 24.9. The molecule has 182 valence electrons. The van der Waals surface area contributed by atoms with Crippen LogP contribution < -0.4 is 16.2 Å². The number of ether oxygens (including phenoxy) is 1. The molecule has 0 fully saturated rings. The smallest absolute Gasteiger partial charge is 0.267 e. The van der Waals surface area contributed by atoms with Crippen LogP contribution in [-0.2, 0) is 16.1 Å². The predicted octanol–water partition coefficient (Wildman–Crippen LogP) is 3.83. The van der Waals surface area contributed by atoms with Crippen molar-refractivity contribution < 1.29 is 18.3 Å². The molecule has 0 unspecified atom stereocenters. The van der Waals surface area contributed by atoms with Gasteiger partial charge in [0.1, 0.15) is 11.6 Å². The van der Waals surface area contributed by atoms with Gasteiger partial charge in [-0.05, 0) is 48.9 Å². The quantitative estimate of drug-likeness (QED) is 0.346. The third-order valence-corrected chi connectivity index (χ3v) is 4.59. The van der Waals surface area contributed by atoms with Crippen LogP contribution in [0.4, 0.5) is 14.5 Å². The number of halogens is 2. The Morgan fingerprint density at radius 1 is 1.09 bits per heavy atom. The maximum absolute atomic E-state index is 13.4. The number of benzene rings is 2. The molecule has 7 nitrogen and oxygen atoms in total. The Morgan fingerprint density at radius 2 is 1.82 bits per heavy atom. The Labute approximate surface area is 197 Å². The minimum atomic E-state index is -0.720. The second kappa shape index (κ2) is 14.0. The molecule has 2 aromatic carbocycles. The Balaban J connectivity index is 0.000000387. The van der Waals surface area contributed by atoms with Crippen molar-refractivity contribution in [2.24, 2.45) is 0 Å². The molecule has 9 heteroatoms. The number of amides is 1. The number of nitrogens with one attached hydrogen (secondary N) is 2. The van der Waals surface area contributed by atoms with Gasteiger partial charge in [-0.3, -0.25) is 9.59 Å². The summed E-state index contributed by atoms with van der Waals surface area (Å²) in [4.78, 5) is 22.5. The average molecular weight is 473 g/mol. The number of methoxy groups -OCH3 is 1. The molecule has 0 aliphatic rings. The number of hydrogen-bond donors (Lipinski definition) is 2. The van der Waals surface area contributed by atoms with Gasteiger partial charge in [-0.1, -0.05) is 26.0 Å². The fourth-order valence-corrected chi connectivity index (χ4v) is 3.03. The van der Waals surface area contributed by atoms with E-state index in [1.807, 2.05) is 0 Å². The molecule has 1 amide bonds. The van der Waals surface area contributed by atoms with E-state index in [2.05, 4.69) is 29.6 Å². The van der Waals surface area contributed by atoms with E-state index < -0.39 is 11.6 Å². The fraction of sp³-hybridized carbons (Fsp3) is 0.320. The van der Waals surface area contributed by atoms with Gasteiger partial charge < -0.3 is 15.4 Å². The molecule has 3 aromatic rings. The zero-order valence-corrected chi connectivity index (χ0v) is 19.6. The third kappa shape index (κ3) is 9.21. The average Bonchev–Trinajstić information content (AvgIpc) is 2.78. The summed E-state index contributed by atoms with van der Waals surface area (Å²) in [6.45, 7) is 6.36. The summed E-state index contributed by atoms with van der Waals surface area (Å²) in [6.07, 6.45) is 1.66. The van der Waals surface area contributed by atoms with Crippen molar-refractivity contribution in [3.63, 3.8) is 0 Å². The van der Waals surface area contributed by atoms with Crippen LogP contribution in [0.25, 0.3) is 11.3 Å². The summed E-state index contributed by atoms with van der Waals surface area (Å²) in [5.41, 5.74) is 1.49. The van der Waals surface area contributed by atoms with E-state index in [4.69, 9.17) is 4.74 Å². The Hall–Kier alpha value is -3.43. The molecule has 0 saturated carbocycles. The molecule has 0 bridgehead atoms. The SMILES string of the molecule is COCCCNC(C)C.O=CNc1cccc(Cn2nc(-c3cc(F)cc(F)c3)ccc2=O)c1. The molecule has 0 spiro atoms. The van der Waals surface area contributed by atoms with E-state index >= 15 is 0 Å². The van der Waals surface area contributed by atoms with Crippen LogP contribution in [0.2, 0.25) is 0 Å². The van der Waals surface area contributed by atoms with E-state index in [1.54, 1.807) is 31.4 Å². The zero-order valence-electron chi connectivity index (χ0n) is 19.6. The lowest BCUT2D eigenvalue weighted by atomic mass is 10.1. The lowest BCUT2D eigenvalue weighted by molar-refractivity contribution is -0.105. The molecular weight excluding hydrogens is 442 g/mol. The second-order valence-electron chi connectivity index (χ2n) is 7.79. The highest BCUT2D eigenvalue weighted by Crippen LogP contribution is 2.19. The highest BCUT2D eigenvalue weighted by molar-refractivity contribution is 5.71. The molecule has 34 heavy (non-hydrogen) atoms. The van der Waals surface area contributed by atoms with Gasteiger partial charge in [0.2, 0.25) is 6.41 Å². The van der Waals surface area contributed by atoms with Gasteiger partial charge >= 0.3 is 0 Å². The van der Waals surface area contributed by atoms with Crippen molar-refractivity contribution in [3.8, 4) is 11.3 Å². The summed E-state index contributed by atoms with van der Waals surface area (Å²) in [5, 5.41) is 10.0. The summed E-state index contributed by atoms with van der Waals surface area (Å²) in [7, 11) is 1.73. The van der Waals surface area contributed by atoms with Crippen LogP contribution in [0.5, 0.6) is 0 Å². The van der Waals surface area contributed by atoms with Gasteiger partial charge in [0, 0.05) is 43.1 Å². The minimum absolute atomic E-state index is 0.152. The monoisotopic (exact) mass is 472 g/mol. The highest BCUT2D eigenvalue weighted by atomic mass is 19.1. The molecule has 0 saturated heterocycles. The first-order valence-corrected chi connectivity index (χ1v) is 10.9. The standard InChI is InChI=1S/C18H13F2N3O2.C7H17NO/c19-14-7-13(8-15(20)9-14)17-4-5-18(25)23(22-17)10-12-2-1-3-16(6-12)21-11-24;1-7(2)8-5-4-6-9-3/h1-9,11H,10H2,(H,21,24);7-8H,4-6H2,1-3H3. The van der Waals surface area contributed by atoms with Crippen LogP contribution in [0.1, 0.15) is 25.8 Å². The molecule has 3 rings (SSSR count). The number of aromatic nitrogens is 2. The molecule has 0 radical (unpaired) electrons. The number of anilines is 1. The Kier molecular flexibility index (Phi) is 11.0. The number of rotatable bonds is 10. The van der Waals surface area contributed by atoms with Crippen molar-refractivity contribution in [3.05, 3.63) is 82.1 Å². The number of nitrogens with zero attached hydrogens (tertiary/aromatic N) is 2. The van der Waals surface area contributed by atoms with Gasteiger partial charge in [0.25, 0.3) is 5.56 Å². The highest BCUT2D eigenvalue weighted by Gasteiger charge is 2.08. The molecule has 0 aliphatic heterocycles. The van der Waals surface area contributed by atoms with Crippen molar-refractivity contribution in [2.75, 3.05) is 25.6 Å². The van der Waals surface area contributed by atoms with Gasteiger partial charge in [-0.15, -0.1) is 0 Å². The molecule has 1 heterocycles. The van der Waals surface area contributed by atoms with E-state index in [-0.39, 0.29) is 23.4 Å². The topological polar surface area (TPSA) is 85.2 Å². The Morgan fingerprint density at radius 3 is 2.47 bits per heavy atom. The van der Waals surface area contributed by atoms with Crippen molar-refractivity contribution >= 4 is 12.1 Å². The molecular formula is C25H30F2N4O3. The van der Waals surface area contributed by atoms with E-state index in [1.165, 1.54) is 16.8 Å². The van der Waals surface area contributed by atoms with Crippen LogP contribution >= 0.6 is 0 Å². The largest absolute Gasteiger partial charge is 0.385 e. The van der Waals surface area contributed by atoms with Crippen molar-refractivity contribution in [1.29, 1.82) is 0 Å². The first-order valence-electron chi connectivity index (χ1n) is 10.9. The van der Waals surface area contributed by atoms with Crippen LogP contribution in [0.15, 0.2) is 59.4 Å². The van der Waals surface area contributed by atoms with Gasteiger partial charge in [0.05, 0.1) is 12.2 Å². The lowest BCUT2D eigenvalue weighted by Gasteiger charge is -2.09. The van der Waals surface area contributed by atoms with Crippen LogP contribution in [0.3, 0.4) is 0 Å². The summed E-state index contributed by atoms with van der Waals surface area (Å²) in [5.74, 6) is -1.44. The van der Waals surface area contributed by atoms with Crippen LogP contribution in [-0.4, -0.2) is 42.5 Å². The van der Waals surface area contributed by atoms with Crippen molar-refractivity contribution in [2.45, 2.75) is 32.9 Å². The normalized spacial score (nSPS) is 10.5. The molecule has 2 N–H and O–H groups in total. The number of carbonyl (C=O) groups is 1. The first-order chi connectivity index (χ1) is 16.3. The summed E-state index contributed by atoms with van der Waals surface area (Å²) < 4.78 is 32.8. The van der Waals surface area contributed by atoms with Gasteiger partial charge in [0.15, 0.2) is 0 Å². The first kappa shape index (κ1) is 26.8. The summed E-state index contributed by atoms with van der Waals surface area (Å²) in [6, 6.07) is 13.3. The predicted molar refractivity (Wildman–Crippen MR) is 129 cm³/mol. The maximum atomic E-state index is 13.4. The van der Waals surface area contributed by atoms with E-state index in [0.29, 0.717) is 18.1 Å². The van der Waals surface area contributed by atoms with Crippen molar-refractivity contribution in [1.82, 2.24) is 15.1 Å². The number of carbonyl (C=O) groups excluding carboxylic acids is 1. The fourth-order valence-electron chi connectivity index (χ4n) is 3.03.